The number of anilines is 1. The molecule has 0 bridgehead atoms. The molecule has 3 nitrogen and oxygen atoms in total. The van der Waals surface area contributed by atoms with Crippen LogP contribution in [0.4, 0.5) is 5.82 Å². The van der Waals surface area contributed by atoms with Crippen molar-refractivity contribution >= 4 is 17.5 Å². The predicted octanol–water partition coefficient (Wildman–Crippen LogP) is 3.64. The average molecular weight is 247 g/mol. The van der Waals surface area contributed by atoms with Crippen LogP contribution in [0.1, 0.15) is 24.5 Å². The number of aryl methyl sites for hydroxylation is 2. The maximum Gasteiger partial charge on any atom is 0.168 e. The van der Waals surface area contributed by atoms with Crippen molar-refractivity contribution in [2.24, 2.45) is 0 Å². The third kappa shape index (κ3) is 2.64. The summed E-state index contributed by atoms with van der Waals surface area (Å²) in [5, 5.41) is 3.31. The molecule has 0 aliphatic rings. The number of aromatic nitrogens is 2. The zero-order valence-electron chi connectivity index (χ0n) is 10.4. The van der Waals surface area contributed by atoms with Crippen LogP contribution < -0.4 is 5.32 Å². The van der Waals surface area contributed by atoms with Gasteiger partial charge in [0.2, 0.25) is 0 Å². The zero-order chi connectivity index (χ0) is 12.3. The van der Waals surface area contributed by atoms with Gasteiger partial charge in [0.05, 0.1) is 11.7 Å². The van der Waals surface area contributed by atoms with Gasteiger partial charge >= 0.3 is 0 Å². The minimum Gasteiger partial charge on any atom is -0.367 e. The Morgan fingerprint density at radius 2 is 2.00 bits per heavy atom. The molecular formula is C13H17N3S. The van der Waals surface area contributed by atoms with Gasteiger partial charge in [0.25, 0.3) is 0 Å². The largest absolute Gasteiger partial charge is 0.367 e. The number of rotatable bonds is 4. The molecule has 0 amide bonds. The van der Waals surface area contributed by atoms with E-state index in [-0.39, 0.29) is 0 Å². The van der Waals surface area contributed by atoms with E-state index in [1.165, 1.54) is 22.9 Å². The van der Waals surface area contributed by atoms with E-state index in [1.807, 2.05) is 0 Å². The monoisotopic (exact) mass is 247 g/mol. The summed E-state index contributed by atoms with van der Waals surface area (Å²) in [4.78, 5) is 0. The molecule has 1 heterocycles. The molecule has 1 aromatic carbocycles. The predicted molar refractivity (Wildman–Crippen MR) is 73.6 cm³/mol. The first-order valence-electron chi connectivity index (χ1n) is 5.86. The standard InChI is InChI=1S/C13H17N3S/c1-4-7-14-13-12(15-17-16-13)11-6-5-9(2)10(3)8-11/h5-6,8H,4,7H2,1-3H3,(H,14,16). The van der Waals surface area contributed by atoms with E-state index in [0.717, 1.165) is 30.0 Å². The quantitative estimate of drug-likeness (QED) is 0.896. The lowest BCUT2D eigenvalue weighted by Crippen LogP contribution is -2.01. The van der Waals surface area contributed by atoms with Gasteiger partial charge in [-0.2, -0.15) is 8.75 Å². The van der Waals surface area contributed by atoms with Crippen LogP contribution in [0.15, 0.2) is 18.2 Å². The van der Waals surface area contributed by atoms with Crippen LogP contribution >= 0.6 is 11.7 Å². The van der Waals surface area contributed by atoms with Crippen molar-refractivity contribution in [3.05, 3.63) is 29.3 Å². The molecule has 1 aromatic heterocycles. The number of benzene rings is 1. The maximum absolute atomic E-state index is 4.38. The molecule has 1 N–H and O–H groups in total. The minimum absolute atomic E-state index is 0.903. The van der Waals surface area contributed by atoms with Gasteiger partial charge in [-0.15, -0.1) is 0 Å². The lowest BCUT2D eigenvalue weighted by Gasteiger charge is -2.05. The molecule has 0 spiro atoms. The summed E-state index contributed by atoms with van der Waals surface area (Å²) >= 11 is 1.26. The summed E-state index contributed by atoms with van der Waals surface area (Å²) in [6.45, 7) is 7.32. The first-order chi connectivity index (χ1) is 8.22. The van der Waals surface area contributed by atoms with E-state index < -0.39 is 0 Å². The highest BCUT2D eigenvalue weighted by molar-refractivity contribution is 6.99. The van der Waals surface area contributed by atoms with Crippen LogP contribution in [-0.2, 0) is 0 Å². The van der Waals surface area contributed by atoms with Crippen LogP contribution in [0.3, 0.4) is 0 Å². The summed E-state index contributed by atoms with van der Waals surface area (Å²) in [6.07, 6.45) is 1.09. The van der Waals surface area contributed by atoms with E-state index in [1.54, 1.807) is 0 Å². The Labute approximate surface area is 106 Å². The van der Waals surface area contributed by atoms with E-state index in [9.17, 15) is 0 Å². The van der Waals surface area contributed by atoms with Gasteiger partial charge in [0, 0.05) is 12.1 Å². The van der Waals surface area contributed by atoms with Gasteiger partial charge in [-0.3, -0.25) is 0 Å². The normalized spacial score (nSPS) is 10.5. The Morgan fingerprint density at radius 1 is 1.18 bits per heavy atom. The molecule has 17 heavy (non-hydrogen) atoms. The molecule has 0 radical (unpaired) electrons. The Balaban J connectivity index is 2.32. The van der Waals surface area contributed by atoms with E-state index in [2.05, 4.69) is 53.0 Å². The molecule has 0 atom stereocenters. The lowest BCUT2D eigenvalue weighted by molar-refractivity contribution is 0.974. The van der Waals surface area contributed by atoms with Gasteiger partial charge in [-0.25, -0.2) is 0 Å². The van der Waals surface area contributed by atoms with E-state index in [4.69, 9.17) is 0 Å². The molecule has 2 aromatic rings. The van der Waals surface area contributed by atoms with Crippen LogP contribution in [-0.4, -0.2) is 15.3 Å². The number of hydrogen-bond acceptors (Lipinski definition) is 4. The fraction of sp³-hybridized carbons (Fsp3) is 0.385. The summed E-state index contributed by atoms with van der Waals surface area (Å²) in [6, 6.07) is 6.41. The highest BCUT2D eigenvalue weighted by Crippen LogP contribution is 2.27. The minimum atomic E-state index is 0.903. The van der Waals surface area contributed by atoms with E-state index in [0.29, 0.717) is 0 Å². The van der Waals surface area contributed by atoms with Crippen molar-refractivity contribution in [3.8, 4) is 11.3 Å². The van der Waals surface area contributed by atoms with Crippen molar-refractivity contribution in [1.82, 2.24) is 8.75 Å². The Bertz CT molecular complexity index is 505. The molecule has 0 fully saturated rings. The van der Waals surface area contributed by atoms with Crippen LogP contribution in [0, 0.1) is 13.8 Å². The van der Waals surface area contributed by atoms with Gasteiger partial charge in [-0.1, -0.05) is 19.1 Å². The maximum atomic E-state index is 4.38. The topological polar surface area (TPSA) is 37.8 Å². The molecule has 0 aliphatic carbocycles. The summed E-state index contributed by atoms with van der Waals surface area (Å²) < 4.78 is 8.68. The molecule has 2 rings (SSSR count). The number of nitrogens with one attached hydrogen (secondary N) is 1. The molecule has 0 unspecified atom stereocenters. The third-order valence-electron chi connectivity index (χ3n) is 2.81. The number of hydrogen-bond donors (Lipinski definition) is 1. The smallest absolute Gasteiger partial charge is 0.168 e. The van der Waals surface area contributed by atoms with Gasteiger partial charge < -0.3 is 5.32 Å². The lowest BCUT2D eigenvalue weighted by atomic mass is 10.0. The molecule has 0 aliphatic heterocycles. The second-order valence-corrected chi connectivity index (χ2v) is 4.72. The van der Waals surface area contributed by atoms with Crippen LogP contribution in [0.25, 0.3) is 11.3 Å². The SMILES string of the molecule is CCCNc1nsnc1-c1ccc(C)c(C)c1. The average Bonchev–Trinajstić information content (AvgIpc) is 2.78. The van der Waals surface area contributed by atoms with Crippen LogP contribution in [0.5, 0.6) is 0 Å². The Hall–Kier alpha value is -1.42. The van der Waals surface area contributed by atoms with Gasteiger partial charge in [0.15, 0.2) is 5.82 Å². The Morgan fingerprint density at radius 3 is 2.71 bits per heavy atom. The fourth-order valence-corrected chi connectivity index (χ4v) is 2.17. The summed E-state index contributed by atoms with van der Waals surface area (Å²) in [5.74, 6) is 0.903. The zero-order valence-corrected chi connectivity index (χ0v) is 11.3. The van der Waals surface area contributed by atoms with Crippen molar-refractivity contribution in [2.75, 3.05) is 11.9 Å². The second-order valence-electron chi connectivity index (χ2n) is 4.19. The second kappa shape index (κ2) is 5.27. The van der Waals surface area contributed by atoms with Gasteiger partial charge in [-0.05, 0) is 37.5 Å². The molecular weight excluding hydrogens is 230 g/mol. The molecule has 4 heteroatoms. The molecule has 0 saturated carbocycles. The highest BCUT2D eigenvalue weighted by atomic mass is 32.1. The van der Waals surface area contributed by atoms with Crippen molar-refractivity contribution in [2.45, 2.75) is 27.2 Å². The third-order valence-corrected chi connectivity index (χ3v) is 3.34. The Kier molecular flexibility index (Phi) is 3.74. The summed E-state index contributed by atoms with van der Waals surface area (Å²) in [7, 11) is 0. The van der Waals surface area contributed by atoms with Crippen molar-refractivity contribution in [3.63, 3.8) is 0 Å². The van der Waals surface area contributed by atoms with Crippen molar-refractivity contribution < 1.29 is 0 Å². The summed E-state index contributed by atoms with van der Waals surface area (Å²) in [5.41, 5.74) is 4.70. The highest BCUT2D eigenvalue weighted by Gasteiger charge is 2.10. The van der Waals surface area contributed by atoms with Crippen molar-refractivity contribution in [1.29, 1.82) is 0 Å². The first-order valence-corrected chi connectivity index (χ1v) is 6.59. The van der Waals surface area contributed by atoms with Crippen LogP contribution in [0.2, 0.25) is 0 Å². The molecule has 90 valence electrons. The molecule has 0 saturated heterocycles. The van der Waals surface area contributed by atoms with Gasteiger partial charge in [0.1, 0.15) is 5.69 Å². The number of nitrogens with zero attached hydrogens (tertiary/aromatic N) is 2. The van der Waals surface area contributed by atoms with E-state index >= 15 is 0 Å². The first kappa shape index (κ1) is 12.0. The fourth-order valence-electron chi connectivity index (χ4n) is 1.63.